The molecule has 0 amide bonds. The van der Waals surface area contributed by atoms with Crippen molar-refractivity contribution in [2.75, 3.05) is 52.9 Å². The van der Waals surface area contributed by atoms with Gasteiger partial charge in [0.05, 0.1) is 37.9 Å². The van der Waals surface area contributed by atoms with E-state index in [1.807, 2.05) is 54.6 Å². The average Bonchev–Trinajstić information content (AvgIpc) is 2.92. The van der Waals surface area contributed by atoms with Crippen molar-refractivity contribution < 1.29 is 38.6 Å². The number of hydrogen-bond donors (Lipinski definition) is 2. The summed E-state index contributed by atoms with van der Waals surface area (Å²) < 4.78 is 33.4. The van der Waals surface area contributed by atoms with Gasteiger partial charge in [-0.25, -0.2) is 0 Å². The van der Waals surface area contributed by atoms with Crippen molar-refractivity contribution in [2.24, 2.45) is 0 Å². The lowest BCUT2D eigenvalue weighted by atomic mass is 10.1. The fraction of sp³-hybridized carbons (Fsp3) is 0.500. The molecule has 2 aliphatic rings. The molecule has 2 unspecified atom stereocenters. The Hall–Kier alpha value is -2.78. The topological polar surface area (TPSA) is 95.8 Å². The third-order valence-corrected chi connectivity index (χ3v) is 5.31. The first kappa shape index (κ1) is 27.8. The molecule has 2 aliphatic carbocycles. The Labute approximate surface area is 213 Å². The standard InChI is InChI=1S/C28H38O8/c29-23(21-35-25-7-3-1-4-8-25)19-31-15-17-33-27-11-13-28(14-12-27)34-18-16-32-20-24(30)22-36-26-9-5-2-6-10-26/h1,3-5,7-11,13,23-24,29-30H,2,6,12,14-22H2. The van der Waals surface area contributed by atoms with Crippen molar-refractivity contribution in [3.05, 3.63) is 78.0 Å². The van der Waals surface area contributed by atoms with Crippen molar-refractivity contribution in [2.45, 2.75) is 37.9 Å². The molecule has 0 radical (unpaired) electrons. The van der Waals surface area contributed by atoms with Gasteiger partial charge < -0.3 is 38.6 Å². The number of aliphatic hydroxyl groups excluding tert-OH is 2. The van der Waals surface area contributed by atoms with Crippen molar-refractivity contribution in [1.29, 1.82) is 0 Å². The van der Waals surface area contributed by atoms with Gasteiger partial charge in [0.15, 0.2) is 0 Å². The summed E-state index contributed by atoms with van der Waals surface area (Å²) in [6, 6.07) is 9.36. The van der Waals surface area contributed by atoms with Crippen LogP contribution in [0, 0.1) is 0 Å². The maximum Gasteiger partial charge on any atom is 0.119 e. The Morgan fingerprint density at radius 2 is 1.28 bits per heavy atom. The highest BCUT2D eigenvalue weighted by atomic mass is 16.5. The van der Waals surface area contributed by atoms with Crippen LogP contribution in [-0.2, 0) is 23.7 Å². The summed E-state index contributed by atoms with van der Waals surface area (Å²) >= 11 is 0. The maximum atomic E-state index is 9.95. The van der Waals surface area contributed by atoms with Gasteiger partial charge in [0, 0.05) is 12.8 Å². The van der Waals surface area contributed by atoms with Gasteiger partial charge in [0.25, 0.3) is 0 Å². The predicted octanol–water partition coefficient (Wildman–Crippen LogP) is 3.67. The minimum Gasteiger partial charge on any atom is -0.496 e. The van der Waals surface area contributed by atoms with E-state index >= 15 is 0 Å². The van der Waals surface area contributed by atoms with Crippen LogP contribution in [0.4, 0.5) is 0 Å². The van der Waals surface area contributed by atoms with E-state index in [0.29, 0.717) is 26.4 Å². The fourth-order valence-corrected chi connectivity index (χ4v) is 3.44. The second kappa shape index (κ2) is 16.8. The number of rotatable bonds is 18. The molecule has 8 heteroatoms. The third kappa shape index (κ3) is 11.8. The van der Waals surface area contributed by atoms with E-state index in [0.717, 1.165) is 48.7 Å². The lowest BCUT2D eigenvalue weighted by molar-refractivity contribution is -0.0139. The molecule has 2 atom stereocenters. The summed E-state index contributed by atoms with van der Waals surface area (Å²) in [6.07, 6.45) is 12.0. The van der Waals surface area contributed by atoms with Gasteiger partial charge >= 0.3 is 0 Å². The predicted molar refractivity (Wildman–Crippen MR) is 135 cm³/mol. The smallest absolute Gasteiger partial charge is 0.119 e. The summed E-state index contributed by atoms with van der Waals surface area (Å²) in [5, 5.41) is 19.9. The molecule has 0 saturated heterocycles. The SMILES string of the molecule is OC(COCCOC1=CC=C(OCCOCC(O)COc2ccccc2)CC1)COC1=CCCC=C1. The quantitative estimate of drug-likeness (QED) is 0.294. The second-order valence-electron chi connectivity index (χ2n) is 8.44. The highest BCUT2D eigenvalue weighted by Gasteiger charge is 2.11. The van der Waals surface area contributed by atoms with Crippen molar-refractivity contribution in [1.82, 2.24) is 0 Å². The first-order chi connectivity index (χ1) is 17.7. The minimum absolute atomic E-state index is 0.180. The van der Waals surface area contributed by atoms with E-state index in [-0.39, 0.29) is 26.4 Å². The number of ether oxygens (including phenoxy) is 6. The van der Waals surface area contributed by atoms with Crippen molar-refractivity contribution in [3.8, 4) is 5.75 Å². The summed E-state index contributed by atoms with van der Waals surface area (Å²) in [4.78, 5) is 0. The van der Waals surface area contributed by atoms with E-state index in [2.05, 4.69) is 6.08 Å². The molecule has 0 spiro atoms. The summed E-state index contributed by atoms with van der Waals surface area (Å²) in [5.74, 6) is 3.28. The van der Waals surface area contributed by atoms with Gasteiger partial charge in [-0.2, -0.15) is 0 Å². The lowest BCUT2D eigenvalue weighted by Crippen LogP contribution is -2.24. The normalized spacial score (nSPS) is 16.9. The van der Waals surface area contributed by atoms with Crippen LogP contribution in [0.15, 0.2) is 78.0 Å². The lowest BCUT2D eigenvalue weighted by Gasteiger charge is -2.18. The molecule has 0 saturated carbocycles. The largest absolute Gasteiger partial charge is 0.496 e. The molecule has 0 aliphatic heterocycles. The molecule has 1 aromatic carbocycles. The van der Waals surface area contributed by atoms with E-state index in [9.17, 15) is 10.2 Å². The number of benzene rings is 1. The number of aliphatic hydroxyl groups is 2. The molecule has 1 aromatic rings. The first-order valence-electron chi connectivity index (χ1n) is 12.5. The number of allylic oxidation sites excluding steroid dienone is 7. The van der Waals surface area contributed by atoms with Crippen LogP contribution >= 0.6 is 0 Å². The Balaban J connectivity index is 1.16. The van der Waals surface area contributed by atoms with E-state index in [1.165, 1.54) is 0 Å². The zero-order valence-electron chi connectivity index (χ0n) is 20.8. The van der Waals surface area contributed by atoms with Gasteiger partial charge in [-0.1, -0.05) is 24.3 Å². The zero-order chi connectivity index (χ0) is 25.3. The van der Waals surface area contributed by atoms with E-state index in [4.69, 9.17) is 28.4 Å². The molecule has 36 heavy (non-hydrogen) atoms. The average molecular weight is 503 g/mol. The van der Waals surface area contributed by atoms with Gasteiger partial charge in [0.2, 0.25) is 0 Å². The molecule has 0 heterocycles. The van der Waals surface area contributed by atoms with Crippen LogP contribution in [0.2, 0.25) is 0 Å². The summed E-state index contributed by atoms with van der Waals surface area (Å²) in [5.41, 5.74) is 0. The van der Waals surface area contributed by atoms with Crippen LogP contribution < -0.4 is 4.74 Å². The molecule has 0 aromatic heterocycles. The van der Waals surface area contributed by atoms with Crippen molar-refractivity contribution in [3.63, 3.8) is 0 Å². The Bertz CT molecular complexity index is 862. The molecule has 0 fully saturated rings. The molecule has 0 bridgehead atoms. The maximum absolute atomic E-state index is 9.95. The highest BCUT2D eigenvalue weighted by Crippen LogP contribution is 2.20. The minimum atomic E-state index is -0.695. The highest BCUT2D eigenvalue weighted by molar-refractivity contribution is 5.21. The van der Waals surface area contributed by atoms with Crippen LogP contribution in [0.3, 0.4) is 0 Å². The third-order valence-electron chi connectivity index (χ3n) is 5.31. The van der Waals surface area contributed by atoms with E-state index < -0.39 is 12.2 Å². The van der Waals surface area contributed by atoms with Crippen molar-refractivity contribution >= 4 is 0 Å². The number of para-hydroxylation sites is 1. The van der Waals surface area contributed by atoms with Gasteiger partial charge in [-0.3, -0.25) is 0 Å². The van der Waals surface area contributed by atoms with Crippen LogP contribution in [0.5, 0.6) is 5.75 Å². The Morgan fingerprint density at radius 1 is 0.667 bits per heavy atom. The molecular weight excluding hydrogens is 464 g/mol. The first-order valence-corrected chi connectivity index (χ1v) is 12.5. The fourth-order valence-electron chi connectivity index (χ4n) is 3.44. The van der Waals surface area contributed by atoms with Gasteiger partial charge in [0.1, 0.15) is 50.1 Å². The summed E-state index contributed by atoms with van der Waals surface area (Å²) in [6.45, 7) is 2.39. The van der Waals surface area contributed by atoms with Crippen LogP contribution in [0.1, 0.15) is 25.7 Å². The molecule has 3 rings (SSSR count). The number of hydrogen-bond acceptors (Lipinski definition) is 8. The van der Waals surface area contributed by atoms with Crippen LogP contribution in [-0.4, -0.2) is 75.3 Å². The van der Waals surface area contributed by atoms with Gasteiger partial charge in [-0.05, 0) is 49.3 Å². The second-order valence-corrected chi connectivity index (χ2v) is 8.44. The zero-order valence-corrected chi connectivity index (χ0v) is 20.8. The Morgan fingerprint density at radius 3 is 1.83 bits per heavy atom. The van der Waals surface area contributed by atoms with Gasteiger partial charge in [-0.15, -0.1) is 0 Å². The van der Waals surface area contributed by atoms with Crippen LogP contribution in [0.25, 0.3) is 0 Å². The molecule has 2 N–H and O–H groups in total. The monoisotopic (exact) mass is 502 g/mol. The molecule has 198 valence electrons. The Kier molecular flexibility index (Phi) is 13.0. The molecule has 8 nitrogen and oxygen atoms in total. The molecular formula is C28H38O8. The summed E-state index contributed by atoms with van der Waals surface area (Å²) in [7, 11) is 0. The van der Waals surface area contributed by atoms with E-state index in [1.54, 1.807) is 0 Å².